The fourth-order valence-electron chi connectivity index (χ4n) is 1.72. The molecule has 0 bridgehead atoms. The highest BCUT2D eigenvalue weighted by atomic mass is 16.5. The zero-order valence-electron chi connectivity index (χ0n) is 12.6. The average molecular weight is 266 g/mol. The van der Waals surface area contributed by atoms with E-state index in [1.54, 1.807) is 7.11 Å². The van der Waals surface area contributed by atoms with Crippen LogP contribution in [0.1, 0.15) is 13.8 Å². The highest BCUT2D eigenvalue weighted by molar-refractivity contribution is 5.49. The third-order valence-corrected chi connectivity index (χ3v) is 2.74. The minimum Gasteiger partial charge on any atom is -0.487 e. The Balaban J connectivity index is 2.64. The number of anilines is 1. The first-order valence-corrected chi connectivity index (χ1v) is 6.69. The highest BCUT2D eigenvalue weighted by Crippen LogP contribution is 2.20. The molecular formula is C15H26N2O2. The van der Waals surface area contributed by atoms with E-state index in [4.69, 9.17) is 9.47 Å². The van der Waals surface area contributed by atoms with Crippen molar-refractivity contribution in [3.8, 4) is 5.75 Å². The van der Waals surface area contributed by atoms with Gasteiger partial charge in [-0.05, 0) is 12.1 Å². The van der Waals surface area contributed by atoms with E-state index in [9.17, 15) is 0 Å². The summed E-state index contributed by atoms with van der Waals surface area (Å²) in [4.78, 5) is 2.06. The number of nitrogens with zero attached hydrogens (tertiary/aromatic N) is 1. The summed E-state index contributed by atoms with van der Waals surface area (Å²) >= 11 is 0. The summed E-state index contributed by atoms with van der Waals surface area (Å²) in [7, 11) is 5.74. The molecule has 0 aliphatic carbocycles. The lowest BCUT2D eigenvalue weighted by atomic mass is 10.2. The second kappa shape index (κ2) is 8.02. The van der Waals surface area contributed by atoms with Crippen LogP contribution < -0.4 is 15.0 Å². The van der Waals surface area contributed by atoms with Crippen LogP contribution >= 0.6 is 0 Å². The Labute approximate surface area is 116 Å². The van der Waals surface area contributed by atoms with E-state index in [1.165, 1.54) is 0 Å². The molecule has 1 aromatic carbocycles. The molecule has 0 saturated heterocycles. The van der Waals surface area contributed by atoms with Gasteiger partial charge in [-0.3, -0.25) is 0 Å². The second-order valence-electron chi connectivity index (χ2n) is 5.15. The number of benzene rings is 1. The summed E-state index contributed by atoms with van der Waals surface area (Å²) in [6, 6.07) is 8.52. The van der Waals surface area contributed by atoms with Crippen LogP contribution in [0.15, 0.2) is 24.3 Å². The maximum absolute atomic E-state index is 5.98. The van der Waals surface area contributed by atoms with Crippen LogP contribution in [0.3, 0.4) is 0 Å². The fraction of sp³-hybridized carbons (Fsp3) is 0.600. The van der Waals surface area contributed by atoms with E-state index in [-0.39, 0.29) is 6.10 Å². The Kier molecular flexibility index (Phi) is 6.67. The molecule has 0 radical (unpaired) electrons. The van der Waals surface area contributed by atoms with Crippen molar-refractivity contribution in [1.82, 2.24) is 5.32 Å². The third-order valence-electron chi connectivity index (χ3n) is 2.74. The van der Waals surface area contributed by atoms with Gasteiger partial charge >= 0.3 is 0 Å². The lowest BCUT2D eigenvalue weighted by molar-refractivity contribution is 0.0794. The summed E-state index contributed by atoms with van der Waals surface area (Å²) in [6.45, 7) is 5.59. The van der Waals surface area contributed by atoms with Gasteiger partial charge in [-0.2, -0.15) is 0 Å². The van der Waals surface area contributed by atoms with Gasteiger partial charge in [0.2, 0.25) is 0 Å². The first kappa shape index (κ1) is 15.8. The summed E-state index contributed by atoms with van der Waals surface area (Å²) in [5, 5.41) is 3.37. The first-order valence-electron chi connectivity index (χ1n) is 6.69. The number of hydrogen-bond donors (Lipinski definition) is 1. The van der Waals surface area contributed by atoms with Gasteiger partial charge < -0.3 is 19.7 Å². The molecule has 1 atom stereocenters. The quantitative estimate of drug-likeness (QED) is 0.781. The number of nitrogens with one attached hydrogen (secondary N) is 1. The maximum atomic E-state index is 5.98. The molecule has 1 rings (SSSR count). The number of hydrogen-bond acceptors (Lipinski definition) is 4. The molecule has 0 heterocycles. The van der Waals surface area contributed by atoms with E-state index in [2.05, 4.69) is 30.1 Å². The Bertz CT molecular complexity index is 367. The van der Waals surface area contributed by atoms with Gasteiger partial charge in [0, 0.05) is 45.5 Å². The maximum Gasteiger partial charge on any atom is 0.134 e. The van der Waals surface area contributed by atoms with Crippen LogP contribution in [-0.2, 0) is 4.74 Å². The highest BCUT2D eigenvalue weighted by Gasteiger charge is 2.11. The number of ether oxygens (including phenoxy) is 2. The minimum atomic E-state index is 0.0183. The van der Waals surface area contributed by atoms with Gasteiger partial charge in [0.05, 0.1) is 6.61 Å². The predicted octanol–water partition coefficient (Wildman–Crippen LogP) is 2.14. The lowest BCUT2D eigenvalue weighted by Gasteiger charge is -2.21. The summed E-state index contributed by atoms with van der Waals surface area (Å²) in [5.74, 6) is 0.874. The zero-order valence-corrected chi connectivity index (χ0v) is 12.6. The molecule has 108 valence electrons. The number of methoxy groups -OCH3 is 1. The smallest absolute Gasteiger partial charge is 0.134 e. The summed E-state index contributed by atoms with van der Waals surface area (Å²) < 4.78 is 11.2. The molecule has 1 N–H and O–H groups in total. The summed E-state index contributed by atoms with van der Waals surface area (Å²) in [5.41, 5.74) is 1.13. The van der Waals surface area contributed by atoms with Gasteiger partial charge in [0.15, 0.2) is 0 Å². The van der Waals surface area contributed by atoms with Crippen molar-refractivity contribution < 1.29 is 9.47 Å². The largest absolute Gasteiger partial charge is 0.487 e. The van der Waals surface area contributed by atoms with E-state index in [0.717, 1.165) is 18.0 Å². The molecular weight excluding hydrogens is 240 g/mol. The zero-order chi connectivity index (χ0) is 14.3. The van der Waals surface area contributed by atoms with E-state index in [0.29, 0.717) is 12.6 Å². The van der Waals surface area contributed by atoms with E-state index >= 15 is 0 Å². The van der Waals surface area contributed by atoms with Crippen LogP contribution in [0.2, 0.25) is 0 Å². The van der Waals surface area contributed by atoms with E-state index < -0.39 is 0 Å². The number of rotatable bonds is 8. The molecule has 0 spiro atoms. The first-order chi connectivity index (χ1) is 9.02. The molecule has 0 saturated carbocycles. The average Bonchev–Trinajstić information content (AvgIpc) is 2.36. The normalized spacial score (nSPS) is 12.5. The van der Waals surface area contributed by atoms with Crippen molar-refractivity contribution in [3.05, 3.63) is 24.3 Å². The van der Waals surface area contributed by atoms with Crippen LogP contribution in [0.25, 0.3) is 0 Å². The van der Waals surface area contributed by atoms with Crippen molar-refractivity contribution in [3.63, 3.8) is 0 Å². The van der Waals surface area contributed by atoms with E-state index in [1.807, 2.05) is 32.3 Å². The molecule has 0 amide bonds. The minimum absolute atomic E-state index is 0.0183. The Morgan fingerprint density at radius 3 is 2.58 bits per heavy atom. The van der Waals surface area contributed by atoms with Crippen LogP contribution in [0, 0.1) is 0 Å². The standard InChI is InChI=1S/C15H26N2O2/c1-12(2)16-10-15(11-18-5)19-14-8-6-7-13(9-14)17(3)4/h6-9,12,15-16H,10-11H2,1-5H3. The van der Waals surface area contributed by atoms with Crippen LogP contribution in [0.4, 0.5) is 5.69 Å². The van der Waals surface area contributed by atoms with Crippen LogP contribution in [0.5, 0.6) is 5.75 Å². The van der Waals surface area contributed by atoms with Crippen molar-refractivity contribution in [2.24, 2.45) is 0 Å². The van der Waals surface area contributed by atoms with Gasteiger partial charge in [0.25, 0.3) is 0 Å². The van der Waals surface area contributed by atoms with Gasteiger partial charge in [-0.25, -0.2) is 0 Å². The van der Waals surface area contributed by atoms with Crippen molar-refractivity contribution in [1.29, 1.82) is 0 Å². The Morgan fingerprint density at radius 2 is 2.00 bits per heavy atom. The topological polar surface area (TPSA) is 33.7 Å². The third kappa shape index (κ3) is 5.94. The molecule has 4 nitrogen and oxygen atoms in total. The van der Waals surface area contributed by atoms with Crippen molar-refractivity contribution in [2.45, 2.75) is 26.0 Å². The van der Waals surface area contributed by atoms with Crippen molar-refractivity contribution >= 4 is 5.69 Å². The summed E-state index contributed by atoms with van der Waals surface area (Å²) in [6.07, 6.45) is 0.0183. The Morgan fingerprint density at radius 1 is 1.26 bits per heavy atom. The second-order valence-corrected chi connectivity index (χ2v) is 5.15. The Hall–Kier alpha value is -1.26. The monoisotopic (exact) mass is 266 g/mol. The lowest BCUT2D eigenvalue weighted by Crippen LogP contribution is -2.38. The molecule has 0 aliphatic heterocycles. The SMILES string of the molecule is COCC(CNC(C)C)Oc1cccc(N(C)C)c1. The molecule has 0 aliphatic rings. The fourth-order valence-corrected chi connectivity index (χ4v) is 1.72. The van der Waals surface area contributed by atoms with Crippen molar-refractivity contribution in [2.75, 3.05) is 39.3 Å². The van der Waals surface area contributed by atoms with Crippen LogP contribution in [-0.4, -0.2) is 46.5 Å². The molecule has 0 fully saturated rings. The molecule has 4 heteroatoms. The molecule has 1 unspecified atom stereocenters. The predicted molar refractivity (Wildman–Crippen MR) is 80.2 cm³/mol. The molecule has 1 aromatic rings. The van der Waals surface area contributed by atoms with Gasteiger partial charge in [-0.1, -0.05) is 19.9 Å². The molecule has 0 aromatic heterocycles. The van der Waals surface area contributed by atoms with Gasteiger partial charge in [-0.15, -0.1) is 0 Å². The molecule has 19 heavy (non-hydrogen) atoms. The van der Waals surface area contributed by atoms with Gasteiger partial charge in [0.1, 0.15) is 11.9 Å².